The summed E-state index contributed by atoms with van der Waals surface area (Å²) >= 11 is 0. The van der Waals surface area contributed by atoms with Gasteiger partial charge in [0.25, 0.3) is 0 Å². The van der Waals surface area contributed by atoms with Gasteiger partial charge in [-0.2, -0.15) is 5.10 Å². The molecule has 0 amide bonds. The molecule has 24 heavy (non-hydrogen) atoms. The van der Waals surface area contributed by atoms with E-state index >= 15 is 0 Å². The van der Waals surface area contributed by atoms with Crippen LogP contribution >= 0.6 is 0 Å². The van der Waals surface area contributed by atoms with Crippen LogP contribution in [0, 0.1) is 5.92 Å². The molecule has 0 aliphatic carbocycles. The van der Waals surface area contributed by atoms with E-state index in [0.29, 0.717) is 0 Å². The summed E-state index contributed by atoms with van der Waals surface area (Å²) in [5.41, 5.74) is 2.20. The van der Waals surface area contributed by atoms with Crippen LogP contribution in [-0.2, 0) is 6.54 Å². The average molecular weight is 328 g/mol. The van der Waals surface area contributed by atoms with Gasteiger partial charge in [0.05, 0.1) is 5.69 Å². The van der Waals surface area contributed by atoms with Crippen LogP contribution in [0.15, 0.2) is 41.9 Å². The summed E-state index contributed by atoms with van der Waals surface area (Å²) < 4.78 is 1.74. The van der Waals surface area contributed by atoms with Gasteiger partial charge >= 0.3 is 0 Å². The third-order valence-electron chi connectivity index (χ3n) is 3.80. The molecule has 130 valence electrons. The molecule has 1 aromatic carbocycles. The molecule has 2 aromatic rings. The highest BCUT2D eigenvalue weighted by Crippen LogP contribution is 2.08. The van der Waals surface area contributed by atoms with E-state index in [0.717, 1.165) is 30.7 Å². The quantitative estimate of drug-likeness (QED) is 0.444. The first-order chi connectivity index (χ1) is 11.7. The molecule has 0 radical (unpaired) electrons. The maximum atomic E-state index is 4.27. The number of unbranched alkanes of at least 4 members (excludes halogenated alkanes) is 1. The molecule has 0 saturated heterocycles. The van der Waals surface area contributed by atoms with Crippen LogP contribution in [0.2, 0.25) is 0 Å². The van der Waals surface area contributed by atoms with Crippen molar-refractivity contribution in [3.05, 3.63) is 42.5 Å². The Bertz CT molecular complexity index is 601. The van der Waals surface area contributed by atoms with E-state index in [4.69, 9.17) is 0 Å². The monoisotopic (exact) mass is 328 g/mol. The second-order valence-corrected chi connectivity index (χ2v) is 6.25. The predicted octanol–water partition coefficient (Wildman–Crippen LogP) is 2.76. The molecule has 6 heteroatoms. The van der Waals surface area contributed by atoms with Gasteiger partial charge in [-0.05, 0) is 30.0 Å². The molecule has 2 N–H and O–H groups in total. The lowest BCUT2D eigenvalue weighted by atomic mass is 10.1. The fourth-order valence-corrected chi connectivity index (χ4v) is 2.40. The van der Waals surface area contributed by atoms with Crippen molar-refractivity contribution in [1.82, 2.24) is 25.4 Å². The zero-order chi connectivity index (χ0) is 17.2. The largest absolute Gasteiger partial charge is 0.356 e. The number of guanidine groups is 1. The lowest BCUT2D eigenvalue weighted by Crippen LogP contribution is -2.37. The Balaban J connectivity index is 1.73. The van der Waals surface area contributed by atoms with Crippen molar-refractivity contribution >= 4 is 5.96 Å². The van der Waals surface area contributed by atoms with E-state index in [1.54, 1.807) is 18.1 Å². The van der Waals surface area contributed by atoms with Gasteiger partial charge in [-0.15, -0.1) is 0 Å². The zero-order valence-corrected chi connectivity index (χ0v) is 14.9. The third-order valence-corrected chi connectivity index (χ3v) is 3.80. The Hall–Kier alpha value is -2.37. The Morgan fingerprint density at radius 2 is 1.96 bits per heavy atom. The van der Waals surface area contributed by atoms with Gasteiger partial charge < -0.3 is 10.6 Å². The lowest BCUT2D eigenvalue weighted by Gasteiger charge is -2.12. The summed E-state index contributed by atoms with van der Waals surface area (Å²) in [5.74, 6) is 1.63. The first-order valence-corrected chi connectivity index (χ1v) is 8.57. The predicted molar refractivity (Wildman–Crippen MR) is 98.2 cm³/mol. The van der Waals surface area contributed by atoms with Gasteiger partial charge in [0.2, 0.25) is 0 Å². The molecule has 0 fully saturated rings. The Kier molecular flexibility index (Phi) is 7.26. The number of hydrogen-bond donors (Lipinski definition) is 2. The molecular weight excluding hydrogens is 300 g/mol. The van der Waals surface area contributed by atoms with Crippen LogP contribution < -0.4 is 10.6 Å². The molecule has 2 rings (SSSR count). The van der Waals surface area contributed by atoms with E-state index in [1.807, 2.05) is 12.1 Å². The minimum Gasteiger partial charge on any atom is -0.356 e. The standard InChI is InChI=1S/C18H28N6/c1-15(2)6-4-5-11-21-18(19-3)22-12-16-7-9-17(10-8-16)24-14-20-13-23-24/h7-10,13-15H,4-6,11-12H2,1-3H3,(H2,19,21,22). The first-order valence-electron chi connectivity index (χ1n) is 8.57. The molecule has 0 bridgehead atoms. The van der Waals surface area contributed by atoms with Gasteiger partial charge in [0.1, 0.15) is 12.7 Å². The van der Waals surface area contributed by atoms with Gasteiger partial charge in [-0.25, -0.2) is 9.67 Å². The highest BCUT2D eigenvalue weighted by molar-refractivity contribution is 5.79. The third kappa shape index (κ3) is 6.02. The molecular formula is C18H28N6. The Morgan fingerprint density at radius 1 is 1.17 bits per heavy atom. The highest BCUT2D eigenvalue weighted by atomic mass is 15.3. The van der Waals surface area contributed by atoms with Crippen molar-refractivity contribution < 1.29 is 0 Å². The minimum absolute atomic E-state index is 0.739. The van der Waals surface area contributed by atoms with Crippen LogP contribution in [0.1, 0.15) is 38.7 Å². The average Bonchev–Trinajstić information content (AvgIpc) is 3.12. The topological polar surface area (TPSA) is 67.1 Å². The minimum atomic E-state index is 0.739. The maximum Gasteiger partial charge on any atom is 0.191 e. The van der Waals surface area contributed by atoms with Crippen molar-refractivity contribution in [1.29, 1.82) is 0 Å². The summed E-state index contributed by atoms with van der Waals surface area (Å²) in [5, 5.41) is 10.8. The highest BCUT2D eigenvalue weighted by Gasteiger charge is 2.01. The summed E-state index contributed by atoms with van der Waals surface area (Å²) in [4.78, 5) is 8.22. The van der Waals surface area contributed by atoms with Crippen molar-refractivity contribution in [3.63, 3.8) is 0 Å². The van der Waals surface area contributed by atoms with Gasteiger partial charge in [0, 0.05) is 20.1 Å². The summed E-state index contributed by atoms with van der Waals surface area (Å²) in [6, 6.07) is 8.24. The van der Waals surface area contributed by atoms with Crippen molar-refractivity contribution in [3.8, 4) is 5.69 Å². The summed E-state index contributed by atoms with van der Waals surface area (Å²) in [6.07, 6.45) is 6.94. The van der Waals surface area contributed by atoms with Gasteiger partial charge in [-0.3, -0.25) is 4.99 Å². The molecule has 0 saturated carbocycles. The summed E-state index contributed by atoms with van der Waals surface area (Å²) in [6.45, 7) is 6.23. The van der Waals surface area contributed by atoms with Crippen molar-refractivity contribution in [2.24, 2.45) is 10.9 Å². The number of aromatic nitrogens is 3. The molecule has 0 aliphatic rings. The van der Waals surface area contributed by atoms with Gasteiger partial charge in [-0.1, -0.05) is 38.8 Å². The van der Waals surface area contributed by atoms with E-state index in [2.05, 4.69) is 51.7 Å². The van der Waals surface area contributed by atoms with E-state index < -0.39 is 0 Å². The summed E-state index contributed by atoms with van der Waals surface area (Å²) in [7, 11) is 1.80. The molecule has 1 heterocycles. The first kappa shape index (κ1) is 18.0. The van der Waals surface area contributed by atoms with E-state index in [-0.39, 0.29) is 0 Å². The van der Waals surface area contributed by atoms with Crippen molar-refractivity contribution in [2.45, 2.75) is 39.7 Å². The number of rotatable bonds is 8. The second-order valence-electron chi connectivity index (χ2n) is 6.25. The molecule has 0 spiro atoms. The Morgan fingerprint density at radius 3 is 2.58 bits per heavy atom. The SMILES string of the molecule is CN=C(NCCCCC(C)C)NCc1ccc(-n2cncn2)cc1. The van der Waals surface area contributed by atoms with Crippen LogP contribution in [0.4, 0.5) is 0 Å². The number of hydrogen-bond acceptors (Lipinski definition) is 3. The smallest absolute Gasteiger partial charge is 0.191 e. The van der Waals surface area contributed by atoms with Crippen LogP contribution in [0.3, 0.4) is 0 Å². The fourth-order valence-electron chi connectivity index (χ4n) is 2.40. The fraction of sp³-hybridized carbons (Fsp3) is 0.500. The molecule has 1 aromatic heterocycles. The van der Waals surface area contributed by atoms with E-state index in [1.165, 1.54) is 31.2 Å². The molecule has 0 unspecified atom stereocenters. The number of benzene rings is 1. The van der Waals surface area contributed by atoms with Crippen LogP contribution in [0.25, 0.3) is 5.69 Å². The second kappa shape index (κ2) is 9.70. The van der Waals surface area contributed by atoms with Gasteiger partial charge in [0.15, 0.2) is 5.96 Å². The number of nitrogens with one attached hydrogen (secondary N) is 2. The van der Waals surface area contributed by atoms with Crippen molar-refractivity contribution in [2.75, 3.05) is 13.6 Å². The number of nitrogens with zero attached hydrogens (tertiary/aromatic N) is 4. The zero-order valence-electron chi connectivity index (χ0n) is 14.9. The van der Waals surface area contributed by atoms with E-state index in [9.17, 15) is 0 Å². The molecule has 0 aliphatic heterocycles. The molecule has 6 nitrogen and oxygen atoms in total. The van der Waals surface area contributed by atoms with Crippen LogP contribution in [0.5, 0.6) is 0 Å². The normalized spacial score (nSPS) is 11.8. The maximum absolute atomic E-state index is 4.27. The lowest BCUT2D eigenvalue weighted by molar-refractivity contribution is 0.534. The Labute approximate surface area is 144 Å². The van der Waals surface area contributed by atoms with Crippen LogP contribution in [-0.4, -0.2) is 34.3 Å². The number of aliphatic imine (C=N–C) groups is 1. The molecule has 0 atom stereocenters.